The van der Waals surface area contributed by atoms with Gasteiger partial charge in [0.1, 0.15) is 5.54 Å². The summed E-state index contributed by atoms with van der Waals surface area (Å²) < 4.78 is 30.2. The van der Waals surface area contributed by atoms with Crippen LogP contribution >= 0.6 is 23.2 Å². The average molecular weight is 612 g/mol. The Labute approximate surface area is 245 Å². The summed E-state index contributed by atoms with van der Waals surface area (Å²) >= 11 is 12.5. The van der Waals surface area contributed by atoms with Gasteiger partial charge in [0.25, 0.3) is 15.9 Å². The molecule has 0 bridgehead atoms. The molecular formula is C27H23Cl2N7O4S. The molecule has 4 aromatic rings. The lowest BCUT2D eigenvalue weighted by Gasteiger charge is -2.29. The number of carbonyl (C=O) groups is 2. The first-order valence-corrected chi connectivity index (χ1v) is 14.8. The Bertz CT molecular complexity index is 1760. The van der Waals surface area contributed by atoms with Crippen LogP contribution in [0.4, 0.5) is 11.6 Å². The molecule has 0 spiro atoms. The van der Waals surface area contributed by atoms with Gasteiger partial charge in [-0.25, -0.2) is 18.3 Å². The minimum Gasteiger partial charge on any atom is -0.354 e. The molecule has 2 aromatic heterocycles. The van der Waals surface area contributed by atoms with Crippen molar-refractivity contribution in [3.8, 4) is 11.1 Å². The monoisotopic (exact) mass is 611 g/mol. The van der Waals surface area contributed by atoms with E-state index in [1.807, 2.05) is 30.3 Å². The molecule has 0 aliphatic carbocycles. The van der Waals surface area contributed by atoms with E-state index in [0.717, 1.165) is 21.0 Å². The number of benzene rings is 2. The standard InChI is InChI=1S/C27H23Cl2N7O4S/c1-27(13-17-2-4-18(5-3-17)19-6-7-32-33-14-19)25(38)35(22-11-20(28)10-21(29)12-22)26-31-15-24(36(26)27)41(39,40)34-9-8-30-23(37)16-34/h2-7,10-12,14-15H,8-9,13,16H2,1H3,(H,30,37)/t27-/m1/s1. The van der Waals surface area contributed by atoms with Crippen molar-refractivity contribution in [2.75, 3.05) is 24.5 Å². The summed E-state index contributed by atoms with van der Waals surface area (Å²) in [4.78, 5) is 32.0. The van der Waals surface area contributed by atoms with Crippen molar-refractivity contribution in [3.05, 3.63) is 82.7 Å². The molecule has 0 saturated carbocycles. The Morgan fingerprint density at radius 2 is 1.71 bits per heavy atom. The maximum atomic E-state index is 14.3. The largest absolute Gasteiger partial charge is 0.354 e. The second-order valence-corrected chi connectivity index (χ2v) is 12.7. The van der Waals surface area contributed by atoms with Gasteiger partial charge < -0.3 is 5.32 Å². The van der Waals surface area contributed by atoms with Crippen molar-refractivity contribution >= 4 is 56.7 Å². The highest BCUT2D eigenvalue weighted by Gasteiger charge is 2.52. The van der Waals surface area contributed by atoms with Crippen molar-refractivity contribution < 1.29 is 18.0 Å². The fourth-order valence-corrected chi connectivity index (χ4v) is 7.34. The third-order valence-corrected chi connectivity index (χ3v) is 9.45. The Kier molecular flexibility index (Phi) is 6.81. The number of piperazine rings is 1. The van der Waals surface area contributed by atoms with Crippen molar-refractivity contribution in [2.45, 2.75) is 23.9 Å². The van der Waals surface area contributed by atoms with Crippen LogP contribution in [0.2, 0.25) is 10.0 Å². The zero-order chi connectivity index (χ0) is 28.9. The molecule has 2 aromatic carbocycles. The normalized spacial score (nSPS) is 19.3. The van der Waals surface area contributed by atoms with Gasteiger partial charge >= 0.3 is 0 Å². The van der Waals surface area contributed by atoms with Gasteiger partial charge in [0.15, 0.2) is 5.03 Å². The lowest BCUT2D eigenvalue weighted by atomic mass is 9.91. The van der Waals surface area contributed by atoms with Crippen LogP contribution in [-0.2, 0) is 31.6 Å². The summed E-state index contributed by atoms with van der Waals surface area (Å²) in [6.07, 6.45) is 4.63. The SMILES string of the molecule is C[C@@]1(Cc2ccc(-c3ccnnc3)cc2)C(=O)N(c2cc(Cl)cc(Cl)c2)c2ncc(S(=O)(=O)N3CCNC(=O)C3)n21. The van der Waals surface area contributed by atoms with Gasteiger partial charge in [-0.15, -0.1) is 0 Å². The summed E-state index contributed by atoms with van der Waals surface area (Å²) in [5.74, 6) is -0.705. The number of amides is 2. The molecule has 1 saturated heterocycles. The van der Waals surface area contributed by atoms with Crippen LogP contribution in [0.25, 0.3) is 11.1 Å². The van der Waals surface area contributed by atoms with E-state index in [1.165, 1.54) is 21.7 Å². The number of nitrogens with one attached hydrogen (secondary N) is 1. The Hall–Kier alpha value is -3.84. The highest BCUT2D eigenvalue weighted by atomic mass is 35.5. The number of imidazole rings is 1. The number of hydrogen-bond donors (Lipinski definition) is 1. The lowest BCUT2D eigenvalue weighted by Crippen LogP contribution is -2.50. The predicted molar refractivity (Wildman–Crippen MR) is 152 cm³/mol. The fraction of sp³-hybridized carbons (Fsp3) is 0.222. The number of nitrogens with zero attached hydrogens (tertiary/aromatic N) is 6. The third-order valence-electron chi connectivity index (χ3n) is 7.20. The van der Waals surface area contributed by atoms with E-state index in [9.17, 15) is 18.0 Å². The molecule has 0 unspecified atom stereocenters. The highest BCUT2D eigenvalue weighted by molar-refractivity contribution is 7.89. The van der Waals surface area contributed by atoms with Gasteiger partial charge in [0.2, 0.25) is 11.9 Å². The van der Waals surface area contributed by atoms with Crippen LogP contribution in [-0.4, -0.2) is 63.9 Å². The Morgan fingerprint density at radius 3 is 2.37 bits per heavy atom. The summed E-state index contributed by atoms with van der Waals surface area (Å²) in [6, 6.07) is 14.1. The zero-order valence-corrected chi connectivity index (χ0v) is 24.0. The molecule has 2 aliphatic rings. The Morgan fingerprint density at radius 1 is 0.976 bits per heavy atom. The maximum Gasteiger partial charge on any atom is 0.260 e. The van der Waals surface area contributed by atoms with Crippen LogP contribution in [0.15, 0.2) is 72.1 Å². The van der Waals surface area contributed by atoms with Crippen LogP contribution in [0.3, 0.4) is 0 Å². The third kappa shape index (κ3) is 4.76. The topological polar surface area (TPSA) is 130 Å². The minimum absolute atomic E-state index is 0.0954. The number of anilines is 2. The van der Waals surface area contributed by atoms with Gasteiger partial charge in [-0.1, -0.05) is 47.5 Å². The first-order chi connectivity index (χ1) is 19.6. The van der Waals surface area contributed by atoms with Crippen LogP contribution in [0, 0.1) is 0 Å². The van der Waals surface area contributed by atoms with E-state index < -0.39 is 27.4 Å². The van der Waals surface area contributed by atoms with E-state index in [4.69, 9.17) is 23.2 Å². The van der Waals surface area contributed by atoms with Gasteiger partial charge in [-0.05, 0) is 42.3 Å². The number of hydrogen-bond acceptors (Lipinski definition) is 7. The summed E-state index contributed by atoms with van der Waals surface area (Å²) in [6.45, 7) is 1.63. The number of halogens is 2. The first kappa shape index (κ1) is 27.3. The van der Waals surface area contributed by atoms with Gasteiger partial charge in [-0.2, -0.15) is 14.5 Å². The molecule has 41 heavy (non-hydrogen) atoms. The summed E-state index contributed by atoms with van der Waals surface area (Å²) in [7, 11) is -4.20. The number of sulfonamides is 1. The molecule has 4 heterocycles. The number of carbonyl (C=O) groups excluding carboxylic acids is 2. The quantitative estimate of drug-likeness (QED) is 0.353. The number of fused-ring (bicyclic) bond motifs is 1. The summed E-state index contributed by atoms with van der Waals surface area (Å²) in [5, 5.41) is 10.8. The molecular weight excluding hydrogens is 589 g/mol. The van der Waals surface area contributed by atoms with Gasteiger partial charge in [-0.3, -0.25) is 14.2 Å². The van der Waals surface area contributed by atoms with Gasteiger partial charge in [0, 0.05) is 35.1 Å². The summed E-state index contributed by atoms with van der Waals surface area (Å²) in [5.41, 5.74) is 1.54. The van der Waals surface area contributed by atoms with Crippen molar-refractivity contribution in [1.29, 1.82) is 0 Å². The highest BCUT2D eigenvalue weighted by Crippen LogP contribution is 2.45. The minimum atomic E-state index is -4.20. The molecule has 1 N–H and O–H groups in total. The number of aromatic nitrogens is 4. The Balaban J connectivity index is 1.46. The van der Waals surface area contributed by atoms with Gasteiger partial charge in [0.05, 0.1) is 30.8 Å². The van der Waals surface area contributed by atoms with Crippen molar-refractivity contribution in [2.24, 2.45) is 0 Å². The van der Waals surface area contributed by atoms with Crippen LogP contribution in [0.1, 0.15) is 12.5 Å². The molecule has 0 radical (unpaired) electrons. The lowest BCUT2D eigenvalue weighted by molar-refractivity contribution is -0.124. The van der Waals surface area contributed by atoms with E-state index in [-0.39, 0.29) is 37.0 Å². The van der Waals surface area contributed by atoms with E-state index in [2.05, 4.69) is 20.5 Å². The van der Waals surface area contributed by atoms with Crippen molar-refractivity contribution in [1.82, 2.24) is 29.4 Å². The smallest absolute Gasteiger partial charge is 0.260 e. The molecule has 6 rings (SSSR count). The maximum absolute atomic E-state index is 14.3. The number of rotatable bonds is 6. The van der Waals surface area contributed by atoms with E-state index in [0.29, 0.717) is 15.7 Å². The average Bonchev–Trinajstić information content (AvgIpc) is 3.47. The van der Waals surface area contributed by atoms with Crippen LogP contribution in [0.5, 0.6) is 0 Å². The van der Waals surface area contributed by atoms with E-state index in [1.54, 1.807) is 31.5 Å². The second-order valence-electron chi connectivity index (χ2n) is 9.97. The molecule has 2 amide bonds. The van der Waals surface area contributed by atoms with E-state index >= 15 is 0 Å². The van der Waals surface area contributed by atoms with Crippen LogP contribution < -0.4 is 10.2 Å². The molecule has 1 fully saturated rings. The fourth-order valence-electron chi connectivity index (χ4n) is 5.24. The molecule has 14 heteroatoms. The first-order valence-electron chi connectivity index (χ1n) is 12.6. The molecule has 1 atom stereocenters. The van der Waals surface area contributed by atoms with Crippen molar-refractivity contribution in [3.63, 3.8) is 0 Å². The predicted octanol–water partition coefficient (Wildman–Crippen LogP) is 3.40. The molecule has 2 aliphatic heterocycles. The molecule has 11 nitrogen and oxygen atoms in total. The second kappa shape index (κ2) is 10.2. The zero-order valence-electron chi connectivity index (χ0n) is 21.7. The molecule has 210 valence electrons.